The minimum absolute atomic E-state index is 0.0736. The van der Waals surface area contributed by atoms with E-state index in [0.29, 0.717) is 11.3 Å². The number of carbonyl (C=O) groups is 1. The molecule has 1 unspecified atom stereocenters. The highest BCUT2D eigenvalue weighted by atomic mass is 32.2. The highest BCUT2D eigenvalue weighted by Crippen LogP contribution is 2.26. The predicted octanol–water partition coefficient (Wildman–Crippen LogP) is 5.69. The van der Waals surface area contributed by atoms with Crippen LogP contribution in [0.5, 0.6) is 5.75 Å². The molecule has 35 heavy (non-hydrogen) atoms. The number of furan rings is 1. The van der Waals surface area contributed by atoms with Crippen molar-refractivity contribution < 1.29 is 27.5 Å². The minimum atomic E-state index is -3.84. The van der Waals surface area contributed by atoms with Gasteiger partial charge in [0, 0.05) is 5.39 Å². The quantitative estimate of drug-likeness (QED) is 0.186. The number of ether oxygens (including phenoxy) is 1. The molecule has 1 heterocycles. The van der Waals surface area contributed by atoms with Gasteiger partial charge in [-0.2, -0.15) is 0 Å². The number of para-hydroxylation sites is 1. The molecule has 0 bridgehead atoms. The molecule has 0 saturated carbocycles. The fourth-order valence-corrected chi connectivity index (χ4v) is 4.98. The van der Waals surface area contributed by atoms with Crippen molar-refractivity contribution in [3.8, 4) is 16.9 Å². The number of benzene rings is 3. The first-order valence-electron chi connectivity index (χ1n) is 11.0. The largest absolute Gasteiger partial charge is 0.511 e. The van der Waals surface area contributed by atoms with Gasteiger partial charge in [0.2, 0.25) is 15.8 Å². The van der Waals surface area contributed by atoms with Gasteiger partial charge in [-0.1, -0.05) is 62.9 Å². The van der Waals surface area contributed by atoms with Gasteiger partial charge >= 0.3 is 5.97 Å². The Labute approximate surface area is 203 Å². The van der Waals surface area contributed by atoms with Crippen LogP contribution in [-0.2, 0) is 10.0 Å². The van der Waals surface area contributed by atoms with Crippen LogP contribution >= 0.6 is 0 Å². The monoisotopic (exact) mass is 491 g/mol. The lowest BCUT2D eigenvalue weighted by Gasteiger charge is -2.21. The molecule has 7 nitrogen and oxygen atoms in total. The molecule has 180 valence electrons. The van der Waals surface area contributed by atoms with E-state index in [0.717, 1.165) is 16.5 Å². The summed E-state index contributed by atoms with van der Waals surface area (Å²) in [6.07, 6.45) is 0. The smallest absolute Gasteiger partial charge is 0.379 e. The van der Waals surface area contributed by atoms with E-state index in [1.807, 2.05) is 18.2 Å². The minimum Gasteiger partial charge on any atom is -0.511 e. The van der Waals surface area contributed by atoms with Crippen LogP contribution in [0.2, 0.25) is 0 Å². The molecule has 3 aromatic carbocycles. The maximum Gasteiger partial charge on any atom is 0.379 e. The number of aliphatic hydroxyl groups excluding tert-OH is 1. The van der Waals surface area contributed by atoms with Gasteiger partial charge in [0.15, 0.2) is 0 Å². The number of fused-ring (bicyclic) bond motifs is 1. The Bertz CT molecular complexity index is 1440. The lowest BCUT2D eigenvalue weighted by molar-refractivity contribution is 0.0704. The fraction of sp³-hybridized carbons (Fsp3) is 0.148. The van der Waals surface area contributed by atoms with Crippen molar-refractivity contribution in [2.45, 2.75) is 24.8 Å². The van der Waals surface area contributed by atoms with E-state index in [-0.39, 0.29) is 22.3 Å². The molecule has 2 N–H and O–H groups in total. The average molecular weight is 492 g/mol. The van der Waals surface area contributed by atoms with E-state index in [2.05, 4.69) is 11.3 Å². The topological polar surface area (TPSA) is 106 Å². The van der Waals surface area contributed by atoms with Gasteiger partial charge in [0.1, 0.15) is 17.1 Å². The van der Waals surface area contributed by atoms with E-state index >= 15 is 0 Å². The highest BCUT2D eigenvalue weighted by molar-refractivity contribution is 7.89. The van der Waals surface area contributed by atoms with Crippen molar-refractivity contribution in [2.75, 3.05) is 0 Å². The molecule has 0 aliphatic rings. The number of hydrogen-bond acceptors (Lipinski definition) is 6. The summed E-state index contributed by atoms with van der Waals surface area (Å²) < 4.78 is 38.8. The van der Waals surface area contributed by atoms with Gasteiger partial charge in [-0.3, -0.25) is 0 Å². The zero-order chi connectivity index (χ0) is 25.2. The molecule has 1 atom stereocenters. The standard InChI is InChI=1S/C27H25NO6S/c1-17(2)26(18(3)29)28-35(31,32)23-14-10-20(11-15-23)19-8-12-22(13-9-19)33-27(30)25-16-21-6-4-5-7-24(21)34-25/h4-17,26,28-29H,3H2,1-2H3. The highest BCUT2D eigenvalue weighted by Gasteiger charge is 2.24. The summed E-state index contributed by atoms with van der Waals surface area (Å²) in [5.74, 6) is -0.527. The number of rotatable bonds is 8. The summed E-state index contributed by atoms with van der Waals surface area (Å²) in [5, 5.41) is 10.5. The summed E-state index contributed by atoms with van der Waals surface area (Å²) in [7, 11) is -3.84. The van der Waals surface area contributed by atoms with Gasteiger partial charge in [0.05, 0.1) is 10.9 Å². The molecular formula is C27H25NO6S. The maximum absolute atomic E-state index is 12.7. The van der Waals surface area contributed by atoms with Crippen LogP contribution in [0.4, 0.5) is 0 Å². The van der Waals surface area contributed by atoms with E-state index in [4.69, 9.17) is 9.15 Å². The number of aliphatic hydroxyl groups is 1. The van der Waals surface area contributed by atoms with Gasteiger partial charge in [-0.15, -0.1) is 0 Å². The first-order chi connectivity index (χ1) is 16.6. The van der Waals surface area contributed by atoms with Gasteiger partial charge in [-0.25, -0.2) is 17.9 Å². The van der Waals surface area contributed by atoms with Crippen LogP contribution in [0.1, 0.15) is 24.4 Å². The molecule has 4 aromatic rings. The van der Waals surface area contributed by atoms with Crippen molar-refractivity contribution in [2.24, 2.45) is 5.92 Å². The molecule has 0 fully saturated rings. The Morgan fingerprint density at radius 3 is 2.14 bits per heavy atom. The first-order valence-corrected chi connectivity index (χ1v) is 12.4. The molecule has 0 aliphatic carbocycles. The van der Waals surface area contributed by atoms with Crippen molar-refractivity contribution in [1.82, 2.24) is 4.72 Å². The average Bonchev–Trinajstić information content (AvgIpc) is 3.27. The van der Waals surface area contributed by atoms with Crippen LogP contribution in [0.15, 0.2) is 101 Å². The Balaban J connectivity index is 1.45. The second-order valence-electron chi connectivity index (χ2n) is 8.42. The first kappa shape index (κ1) is 24.3. The lowest BCUT2D eigenvalue weighted by Crippen LogP contribution is -2.39. The SMILES string of the molecule is C=C(O)C(NS(=O)(=O)c1ccc(-c2ccc(OC(=O)c3cc4ccccc4o3)cc2)cc1)C(C)C. The van der Waals surface area contributed by atoms with Crippen LogP contribution in [0.25, 0.3) is 22.1 Å². The zero-order valence-corrected chi connectivity index (χ0v) is 20.1. The third-order valence-electron chi connectivity index (χ3n) is 5.50. The Kier molecular flexibility index (Phi) is 6.77. The van der Waals surface area contributed by atoms with E-state index < -0.39 is 22.0 Å². The van der Waals surface area contributed by atoms with E-state index in [9.17, 15) is 18.3 Å². The third kappa shape index (κ3) is 5.45. The number of sulfonamides is 1. The number of nitrogens with one attached hydrogen (secondary N) is 1. The van der Waals surface area contributed by atoms with Crippen LogP contribution in [0, 0.1) is 5.92 Å². The normalized spacial score (nSPS) is 12.5. The number of hydrogen-bond donors (Lipinski definition) is 2. The van der Waals surface area contributed by atoms with Crippen molar-refractivity contribution in [3.63, 3.8) is 0 Å². The molecule has 0 radical (unpaired) electrons. The molecule has 0 spiro atoms. The molecule has 0 amide bonds. The fourth-order valence-electron chi connectivity index (χ4n) is 3.61. The summed E-state index contributed by atoms with van der Waals surface area (Å²) >= 11 is 0. The Hall–Kier alpha value is -3.88. The number of esters is 1. The van der Waals surface area contributed by atoms with Crippen molar-refractivity contribution in [3.05, 3.63) is 97.0 Å². The molecule has 4 rings (SSSR count). The predicted molar refractivity (Wildman–Crippen MR) is 134 cm³/mol. The zero-order valence-electron chi connectivity index (χ0n) is 19.3. The van der Waals surface area contributed by atoms with Gasteiger partial charge in [0.25, 0.3) is 0 Å². The summed E-state index contributed by atoms with van der Waals surface area (Å²) in [6.45, 7) is 7.03. The Morgan fingerprint density at radius 2 is 1.57 bits per heavy atom. The van der Waals surface area contributed by atoms with Gasteiger partial charge < -0.3 is 14.3 Å². The lowest BCUT2D eigenvalue weighted by atomic mass is 10.0. The molecule has 8 heteroatoms. The van der Waals surface area contributed by atoms with Crippen LogP contribution in [0.3, 0.4) is 0 Å². The van der Waals surface area contributed by atoms with Crippen LogP contribution in [-0.4, -0.2) is 25.5 Å². The number of carbonyl (C=O) groups excluding carboxylic acids is 1. The second-order valence-corrected chi connectivity index (χ2v) is 10.1. The molecule has 0 saturated heterocycles. The third-order valence-corrected chi connectivity index (χ3v) is 6.95. The van der Waals surface area contributed by atoms with Crippen molar-refractivity contribution >= 4 is 27.0 Å². The summed E-state index contributed by atoms with van der Waals surface area (Å²) in [6, 6.07) is 21.4. The Morgan fingerprint density at radius 1 is 0.971 bits per heavy atom. The van der Waals surface area contributed by atoms with E-state index in [1.165, 1.54) is 12.1 Å². The molecular weight excluding hydrogens is 466 g/mol. The van der Waals surface area contributed by atoms with Crippen LogP contribution < -0.4 is 9.46 Å². The molecule has 0 aliphatic heterocycles. The summed E-state index contributed by atoms with van der Waals surface area (Å²) in [5.41, 5.74) is 2.21. The molecule has 1 aromatic heterocycles. The summed E-state index contributed by atoms with van der Waals surface area (Å²) in [4.78, 5) is 12.5. The maximum atomic E-state index is 12.7. The van der Waals surface area contributed by atoms with Gasteiger partial charge in [-0.05, 0) is 53.4 Å². The van der Waals surface area contributed by atoms with Crippen molar-refractivity contribution in [1.29, 1.82) is 0 Å². The van der Waals surface area contributed by atoms with E-state index in [1.54, 1.807) is 62.4 Å². The second kappa shape index (κ2) is 9.77.